The monoisotopic (exact) mass is 365 g/mol. The van der Waals surface area contributed by atoms with Gasteiger partial charge in [-0.05, 0) is 61.8 Å². The molecule has 1 aromatic rings. The molecule has 7 heteroatoms. The van der Waals surface area contributed by atoms with Crippen LogP contribution < -0.4 is 10.5 Å². The van der Waals surface area contributed by atoms with Crippen molar-refractivity contribution in [1.29, 1.82) is 0 Å². The van der Waals surface area contributed by atoms with Gasteiger partial charge in [-0.1, -0.05) is 18.5 Å². The van der Waals surface area contributed by atoms with Crippen LogP contribution in [0.4, 0.5) is 13.2 Å². The molecule has 1 aliphatic rings. The van der Waals surface area contributed by atoms with E-state index in [-0.39, 0.29) is 6.10 Å². The van der Waals surface area contributed by atoms with Crippen molar-refractivity contribution in [2.24, 2.45) is 11.7 Å². The highest BCUT2D eigenvalue weighted by molar-refractivity contribution is 6.31. The quantitative estimate of drug-likeness (QED) is 0.826. The molecule has 1 saturated carbocycles. The summed E-state index contributed by atoms with van der Waals surface area (Å²) in [7, 11) is 0. The van der Waals surface area contributed by atoms with E-state index in [0.29, 0.717) is 23.6 Å². The van der Waals surface area contributed by atoms with Crippen molar-refractivity contribution in [2.75, 3.05) is 0 Å². The zero-order valence-corrected chi connectivity index (χ0v) is 14.3. The smallest absolute Gasteiger partial charge is 0.415 e. The van der Waals surface area contributed by atoms with Gasteiger partial charge in [0, 0.05) is 11.1 Å². The number of aliphatic hydroxyl groups excluding tert-OH is 1. The summed E-state index contributed by atoms with van der Waals surface area (Å²) in [5, 5.41) is 10.0. The van der Waals surface area contributed by atoms with Gasteiger partial charge in [0.2, 0.25) is 0 Å². The number of ether oxygens (including phenoxy) is 1. The molecule has 136 valence electrons. The molecule has 0 spiro atoms. The maximum absolute atomic E-state index is 12.6. The van der Waals surface area contributed by atoms with Gasteiger partial charge in [0.25, 0.3) is 0 Å². The molecule has 4 unspecified atom stereocenters. The van der Waals surface area contributed by atoms with Crippen LogP contribution in [-0.2, 0) is 6.42 Å². The predicted octanol–water partition coefficient (Wildman–Crippen LogP) is 4.09. The largest absolute Gasteiger partial charge is 0.490 e. The Morgan fingerprint density at radius 2 is 2.08 bits per heavy atom. The summed E-state index contributed by atoms with van der Waals surface area (Å²) in [6.45, 7) is 1.99. The first-order valence-electron chi connectivity index (χ1n) is 8.17. The van der Waals surface area contributed by atoms with Crippen LogP contribution in [0.3, 0.4) is 0 Å². The molecule has 0 aliphatic heterocycles. The highest BCUT2D eigenvalue weighted by atomic mass is 35.5. The minimum Gasteiger partial charge on any atom is -0.490 e. The van der Waals surface area contributed by atoms with Crippen LogP contribution in [0.15, 0.2) is 18.2 Å². The molecular formula is C17H23ClF3NO2. The number of alkyl halides is 3. The normalized spacial score (nSPS) is 24.5. The van der Waals surface area contributed by atoms with Gasteiger partial charge in [-0.25, -0.2) is 0 Å². The van der Waals surface area contributed by atoms with Gasteiger partial charge in [0.15, 0.2) is 6.10 Å². The summed E-state index contributed by atoms with van der Waals surface area (Å²) >= 11 is 6.07. The maximum Gasteiger partial charge on any atom is 0.415 e. The lowest BCUT2D eigenvalue weighted by atomic mass is 9.80. The van der Waals surface area contributed by atoms with E-state index in [1.54, 1.807) is 12.1 Å². The molecule has 1 fully saturated rings. The van der Waals surface area contributed by atoms with Crippen molar-refractivity contribution in [2.45, 2.75) is 63.5 Å². The number of nitrogens with two attached hydrogens (primary N) is 1. The fraction of sp³-hybridized carbons (Fsp3) is 0.647. The summed E-state index contributed by atoms with van der Waals surface area (Å²) in [4.78, 5) is 0. The summed E-state index contributed by atoms with van der Waals surface area (Å²) in [5.41, 5.74) is 6.62. The lowest BCUT2D eigenvalue weighted by molar-refractivity contribution is -0.214. The molecule has 4 atom stereocenters. The molecule has 1 aromatic carbocycles. The number of hydrogen-bond acceptors (Lipinski definition) is 3. The number of benzene rings is 1. The van der Waals surface area contributed by atoms with Gasteiger partial charge in [-0.2, -0.15) is 13.2 Å². The highest BCUT2D eigenvalue weighted by Crippen LogP contribution is 2.34. The van der Waals surface area contributed by atoms with Crippen molar-refractivity contribution in [3.8, 4) is 5.75 Å². The van der Waals surface area contributed by atoms with Crippen LogP contribution in [0.5, 0.6) is 5.75 Å². The number of hydrogen-bond donors (Lipinski definition) is 2. The second-order valence-corrected chi connectivity index (χ2v) is 6.74. The van der Waals surface area contributed by atoms with E-state index in [9.17, 15) is 18.3 Å². The van der Waals surface area contributed by atoms with Crippen molar-refractivity contribution in [3.63, 3.8) is 0 Å². The predicted molar refractivity (Wildman–Crippen MR) is 87.2 cm³/mol. The van der Waals surface area contributed by atoms with Crippen LogP contribution in [0.1, 0.15) is 38.2 Å². The molecule has 3 N–H and O–H groups in total. The molecular weight excluding hydrogens is 343 g/mol. The van der Waals surface area contributed by atoms with Crippen LogP contribution in [0, 0.1) is 5.92 Å². The minimum atomic E-state index is -4.70. The first-order chi connectivity index (χ1) is 11.2. The summed E-state index contributed by atoms with van der Waals surface area (Å²) < 4.78 is 43.9. The molecule has 0 aromatic heterocycles. The fourth-order valence-electron chi connectivity index (χ4n) is 3.20. The van der Waals surface area contributed by atoms with E-state index in [2.05, 4.69) is 0 Å². The van der Waals surface area contributed by atoms with Gasteiger partial charge in [-0.15, -0.1) is 0 Å². The van der Waals surface area contributed by atoms with Crippen LogP contribution in [0.2, 0.25) is 5.02 Å². The van der Waals surface area contributed by atoms with Crippen molar-refractivity contribution in [3.05, 3.63) is 28.8 Å². The summed E-state index contributed by atoms with van der Waals surface area (Å²) in [5.74, 6) is 0.241. The Kier molecular flexibility index (Phi) is 6.39. The van der Waals surface area contributed by atoms with E-state index in [4.69, 9.17) is 22.1 Å². The number of rotatable bonds is 5. The second kappa shape index (κ2) is 7.93. The zero-order valence-electron chi connectivity index (χ0n) is 13.5. The third-order valence-electron chi connectivity index (χ3n) is 4.61. The zero-order chi connectivity index (χ0) is 17.9. The van der Waals surface area contributed by atoms with Crippen LogP contribution in [0.25, 0.3) is 0 Å². The standard InChI is InChI=1S/C17H23ClF3NO2/c1-2-10-8-13(6-7-14(10)18)24-12-5-3-4-11(9-12)15(22)16(23)17(19,20)21/h6-8,11-12,15-16,23H,2-5,9,22H2,1H3. The molecule has 0 amide bonds. The van der Waals surface area contributed by atoms with Gasteiger partial charge in [-0.3, -0.25) is 0 Å². The highest BCUT2D eigenvalue weighted by Gasteiger charge is 2.45. The molecule has 0 saturated heterocycles. The molecule has 1 aliphatic carbocycles. The summed E-state index contributed by atoms with van der Waals surface area (Å²) in [6, 6.07) is 4.05. The Bertz CT molecular complexity index is 553. The minimum absolute atomic E-state index is 0.207. The topological polar surface area (TPSA) is 55.5 Å². The Morgan fingerprint density at radius 3 is 2.71 bits per heavy atom. The molecule has 3 nitrogen and oxygen atoms in total. The third-order valence-corrected chi connectivity index (χ3v) is 4.98. The first-order valence-corrected chi connectivity index (χ1v) is 8.55. The van der Waals surface area contributed by atoms with E-state index in [1.165, 1.54) is 0 Å². The van der Waals surface area contributed by atoms with Crippen molar-refractivity contribution >= 4 is 11.6 Å². The second-order valence-electron chi connectivity index (χ2n) is 6.34. The lowest BCUT2D eigenvalue weighted by Gasteiger charge is -2.35. The van der Waals surface area contributed by atoms with Gasteiger partial charge in [0.05, 0.1) is 6.10 Å². The number of halogens is 4. The van der Waals surface area contributed by atoms with E-state index < -0.39 is 24.2 Å². The number of aryl methyl sites for hydroxylation is 1. The molecule has 2 rings (SSSR count). The van der Waals surface area contributed by atoms with E-state index in [0.717, 1.165) is 24.8 Å². The van der Waals surface area contributed by atoms with Crippen LogP contribution in [-0.4, -0.2) is 29.5 Å². The van der Waals surface area contributed by atoms with Gasteiger partial charge < -0.3 is 15.6 Å². The van der Waals surface area contributed by atoms with Crippen molar-refractivity contribution in [1.82, 2.24) is 0 Å². The third kappa shape index (κ3) is 4.77. The Balaban J connectivity index is 2.00. The average Bonchev–Trinajstić information content (AvgIpc) is 2.54. The summed E-state index contributed by atoms with van der Waals surface area (Å²) in [6.07, 6.45) is -4.18. The van der Waals surface area contributed by atoms with E-state index >= 15 is 0 Å². The maximum atomic E-state index is 12.6. The SMILES string of the molecule is CCc1cc(OC2CCCC(C(N)C(O)C(F)(F)F)C2)ccc1Cl. The molecule has 24 heavy (non-hydrogen) atoms. The fourth-order valence-corrected chi connectivity index (χ4v) is 3.45. The Labute approximate surface area is 144 Å². The van der Waals surface area contributed by atoms with Gasteiger partial charge >= 0.3 is 6.18 Å². The Hall–Kier alpha value is -0.980. The van der Waals surface area contributed by atoms with E-state index in [1.807, 2.05) is 13.0 Å². The molecule has 0 heterocycles. The van der Waals surface area contributed by atoms with Crippen LogP contribution >= 0.6 is 11.6 Å². The average molecular weight is 366 g/mol. The molecule has 0 bridgehead atoms. The Morgan fingerprint density at radius 1 is 1.38 bits per heavy atom. The van der Waals surface area contributed by atoms with Gasteiger partial charge in [0.1, 0.15) is 5.75 Å². The lowest BCUT2D eigenvalue weighted by Crippen LogP contribution is -2.51. The first kappa shape index (κ1) is 19.3. The molecule has 0 radical (unpaired) electrons. The number of aliphatic hydroxyl groups is 1. The van der Waals surface area contributed by atoms with Crippen molar-refractivity contribution < 1.29 is 23.0 Å².